The fourth-order valence-corrected chi connectivity index (χ4v) is 2.89. The highest BCUT2D eigenvalue weighted by molar-refractivity contribution is 7.81. The zero-order valence-electron chi connectivity index (χ0n) is 16.2. The Labute approximate surface area is 162 Å². The number of nitrogens with zero attached hydrogens (tertiary/aromatic N) is 1. The number of allylic oxidation sites excluding steroid dienone is 3. The monoisotopic (exact) mass is 381 g/mol. The lowest BCUT2D eigenvalue weighted by Gasteiger charge is -2.25. The summed E-state index contributed by atoms with van der Waals surface area (Å²) in [7, 11) is 1.33. The van der Waals surface area contributed by atoms with Crippen molar-refractivity contribution in [3.8, 4) is 0 Å². The molecule has 0 bridgehead atoms. The van der Waals surface area contributed by atoms with Crippen LogP contribution in [0.25, 0.3) is 0 Å². The summed E-state index contributed by atoms with van der Waals surface area (Å²) in [4.78, 5) is 25.7. The number of carbonyl (C=O) groups is 2. The predicted molar refractivity (Wildman–Crippen MR) is 107 cm³/mol. The van der Waals surface area contributed by atoms with Gasteiger partial charge in [-0.15, -0.1) is 0 Å². The SMILES string of the molecule is COC(=O)/C=C/C1=CC(N(CCO)C(=O)CCC(C)(C)C)=CCCC1S. The van der Waals surface area contributed by atoms with Gasteiger partial charge >= 0.3 is 5.97 Å². The standard InChI is InChI=1S/C20H31NO4S/c1-20(2,3)11-10-18(23)21(12-13-22)16-6-5-7-17(26)15(14-16)8-9-19(24)25-4/h6,8-9,14,17,22,26H,5,7,10-13H2,1-4H3/b9-8+. The van der Waals surface area contributed by atoms with E-state index in [9.17, 15) is 14.7 Å². The first kappa shape index (κ1) is 22.5. The molecule has 0 radical (unpaired) electrons. The summed E-state index contributed by atoms with van der Waals surface area (Å²) in [5.41, 5.74) is 1.66. The summed E-state index contributed by atoms with van der Waals surface area (Å²) >= 11 is 4.59. The average Bonchev–Trinajstić information content (AvgIpc) is 2.76. The van der Waals surface area contributed by atoms with Crippen molar-refractivity contribution in [3.05, 3.63) is 35.6 Å². The van der Waals surface area contributed by atoms with Crippen molar-refractivity contribution in [3.63, 3.8) is 0 Å². The minimum atomic E-state index is -0.435. The molecule has 0 aliphatic heterocycles. The Balaban J connectivity index is 3.04. The number of hydrogen-bond donors (Lipinski definition) is 2. The highest BCUT2D eigenvalue weighted by Gasteiger charge is 2.22. The molecule has 1 aliphatic rings. The molecule has 0 saturated carbocycles. The van der Waals surface area contributed by atoms with E-state index in [4.69, 9.17) is 0 Å². The molecule has 5 nitrogen and oxygen atoms in total. The number of rotatable bonds is 7. The van der Waals surface area contributed by atoms with E-state index in [2.05, 4.69) is 38.1 Å². The van der Waals surface area contributed by atoms with E-state index in [1.807, 2.05) is 12.2 Å². The number of aliphatic hydroxyl groups excluding tert-OH is 1. The van der Waals surface area contributed by atoms with E-state index in [1.165, 1.54) is 13.2 Å². The van der Waals surface area contributed by atoms with Crippen molar-refractivity contribution < 1.29 is 19.4 Å². The van der Waals surface area contributed by atoms with Crippen LogP contribution in [-0.2, 0) is 14.3 Å². The van der Waals surface area contributed by atoms with Gasteiger partial charge in [-0.3, -0.25) is 4.79 Å². The maximum Gasteiger partial charge on any atom is 0.330 e. The van der Waals surface area contributed by atoms with Crippen LogP contribution in [0.1, 0.15) is 46.5 Å². The van der Waals surface area contributed by atoms with Gasteiger partial charge < -0.3 is 14.7 Å². The van der Waals surface area contributed by atoms with Crippen LogP contribution in [-0.4, -0.2) is 47.4 Å². The number of ether oxygens (including phenoxy) is 1. The first-order chi connectivity index (χ1) is 12.2. The van der Waals surface area contributed by atoms with E-state index in [0.717, 1.165) is 30.5 Å². The normalized spacial score (nSPS) is 18.2. The van der Waals surface area contributed by atoms with Gasteiger partial charge in [0.1, 0.15) is 0 Å². The molecule has 26 heavy (non-hydrogen) atoms. The van der Waals surface area contributed by atoms with Crippen LogP contribution < -0.4 is 0 Å². The molecule has 1 rings (SSSR count). The van der Waals surface area contributed by atoms with Crippen LogP contribution in [0, 0.1) is 5.41 Å². The van der Waals surface area contributed by atoms with Gasteiger partial charge in [0, 0.05) is 30.0 Å². The predicted octanol–water partition coefficient (Wildman–Crippen LogP) is 3.27. The maximum absolute atomic E-state index is 12.7. The Bertz CT molecular complexity index is 587. The van der Waals surface area contributed by atoms with Gasteiger partial charge in [-0.25, -0.2) is 4.79 Å². The van der Waals surface area contributed by atoms with E-state index >= 15 is 0 Å². The molecule has 0 aromatic carbocycles. The molecule has 1 atom stereocenters. The summed E-state index contributed by atoms with van der Waals surface area (Å²) in [5.74, 6) is -0.444. The van der Waals surface area contributed by atoms with Crippen LogP contribution in [0.2, 0.25) is 0 Å². The third-order valence-electron chi connectivity index (χ3n) is 4.13. The number of hydrogen-bond acceptors (Lipinski definition) is 5. The molecule has 0 aromatic rings. The molecule has 146 valence electrons. The van der Waals surface area contributed by atoms with Crippen molar-refractivity contribution in [2.75, 3.05) is 20.3 Å². The molecular formula is C20H31NO4S. The number of esters is 1. The topological polar surface area (TPSA) is 66.8 Å². The third kappa shape index (κ3) is 7.79. The lowest BCUT2D eigenvalue weighted by Crippen LogP contribution is -2.33. The second kappa shape index (κ2) is 10.6. The third-order valence-corrected chi connectivity index (χ3v) is 4.69. The van der Waals surface area contributed by atoms with Gasteiger partial charge in [-0.2, -0.15) is 12.6 Å². The van der Waals surface area contributed by atoms with Gasteiger partial charge in [0.05, 0.1) is 13.7 Å². The zero-order valence-corrected chi connectivity index (χ0v) is 17.1. The first-order valence-corrected chi connectivity index (χ1v) is 9.46. The number of aliphatic hydroxyl groups is 1. The van der Waals surface area contributed by atoms with E-state index in [0.29, 0.717) is 6.42 Å². The van der Waals surface area contributed by atoms with Crippen LogP contribution in [0.4, 0.5) is 0 Å². The molecule has 0 saturated heterocycles. The maximum atomic E-state index is 12.7. The molecule has 0 aromatic heterocycles. The van der Waals surface area contributed by atoms with Crippen molar-refractivity contribution in [1.29, 1.82) is 0 Å². The molecule has 1 N–H and O–H groups in total. The Morgan fingerprint density at radius 1 is 1.42 bits per heavy atom. The lowest BCUT2D eigenvalue weighted by molar-refractivity contribution is -0.135. The van der Waals surface area contributed by atoms with Gasteiger partial charge in [0.2, 0.25) is 5.91 Å². The summed E-state index contributed by atoms with van der Waals surface area (Å²) in [6.07, 6.45) is 9.66. The smallest absolute Gasteiger partial charge is 0.330 e. The zero-order chi connectivity index (χ0) is 19.7. The van der Waals surface area contributed by atoms with Crippen molar-refractivity contribution >= 4 is 24.5 Å². The highest BCUT2D eigenvalue weighted by Crippen LogP contribution is 2.27. The fourth-order valence-electron chi connectivity index (χ4n) is 2.58. The van der Waals surface area contributed by atoms with E-state index < -0.39 is 5.97 Å². The summed E-state index contributed by atoms with van der Waals surface area (Å²) in [5, 5.41) is 9.37. The Kier molecular flexibility index (Phi) is 9.16. The quantitative estimate of drug-likeness (QED) is 0.404. The highest BCUT2D eigenvalue weighted by atomic mass is 32.1. The van der Waals surface area contributed by atoms with Gasteiger partial charge in [-0.1, -0.05) is 32.9 Å². The molecule has 1 amide bonds. The molecule has 1 unspecified atom stereocenters. The Hall–Kier alpha value is -1.53. The van der Waals surface area contributed by atoms with Crippen molar-refractivity contribution in [2.24, 2.45) is 5.41 Å². The second-order valence-electron chi connectivity index (χ2n) is 7.55. The Morgan fingerprint density at radius 2 is 2.12 bits per heavy atom. The lowest BCUT2D eigenvalue weighted by atomic mass is 9.90. The van der Waals surface area contributed by atoms with Crippen LogP contribution >= 0.6 is 12.6 Å². The largest absolute Gasteiger partial charge is 0.466 e. The minimum Gasteiger partial charge on any atom is -0.466 e. The number of carbonyl (C=O) groups excluding carboxylic acids is 2. The minimum absolute atomic E-state index is 0.00890. The van der Waals surface area contributed by atoms with Crippen LogP contribution in [0.5, 0.6) is 0 Å². The van der Waals surface area contributed by atoms with Gasteiger partial charge in [-0.05, 0) is 36.3 Å². The summed E-state index contributed by atoms with van der Waals surface area (Å²) in [6.45, 7) is 6.44. The van der Waals surface area contributed by atoms with Crippen LogP contribution in [0.15, 0.2) is 35.6 Å². The fraction of sp³-hybridized carbons (Fsp3) is 0.600. The summed E-state index contributed by atoms with van der Waals surface area (Å²) < 4.78 is 4.63. The van der Waals surface area contributed by atoms with E-state index in [1.54, 1.807) is 11.0 Å². The summed E-state index contributed by atoms with van der Waals surface area (Å²) in [6, 6.07) is 0. The van der Waals surface area contributed by atoms with Gasteiger partial charge in [0.25, 0.3) is 0 Å². The van der Waals surface area contributed by atoms with Crippen molar-refractivity contribution in [2.45, 2.75) is 51.7 Å². The van der Waals surface area contributed by atoms with Crippen LogP contribution in [0.3, 0.4) is 0 Å². The van der Waals surface area contributed by atoms with E-state index in [-0.39, 0.29) is 29.7 Å². The molecule has 6 heteroatoms. The molecule has 0 heterocycles. The Morgan fingerprint density at radius 3 is 2.69 bits per heavy atom. The second-order valence-corrected chi connectivity index (χ2v) is 8.18. The molecule has 0 spiro atoms. The molecular weight excluding hydrogens is 350 g/mol. The number of thiol groups is 1. The number of amides is 1. The average molecular weight is 382 g/mol. The van der Waals surface area contributed by atoms with Crippen molar-refractivity contribution in [1.82, 2.24) is 4.90 Å². The number of methoxy groups -OCH3 is 1. The molecule has 1 aliphatic carbocycles. The van der Waals surface area contributed by atoms with Gasteiger partial charge in [0.15, 0.2) is 0 Å². The molecule has 0 fully saturated rings. The first-order valence-electron chi connectivity index (χ1n) is 8.95.